The summed E-state index contributed by atoms with van der Waals surface area (Å²) in [5, 5.41) is 5.77. The number of hydrogen-bond acceptors (Lipinski definition) is 4. The zero-order valence-electron chi connectivity index (χ0n) is 15.2. The van der Waals surface area contributed by atoms with E-state index >= 15 is 0 Å². The number of carbonyl (C=O) groups excluding carboxylic acids is 2. The van der Waals surface area contributed by atoms with Crippen LogP contribution in [-0.2, 0) is 9.47 Å². The second-order valence-electron chi connectivity index (χ2n) is 6.81. The minimum Gasteiger partial charge on any atom is -0.381 e. The van der Waals surface area contributed by atoms with Gasteiger partial charge in [-0.05, 0) is 49.9 Å². The maximum atomic E-state index is 12.4. The molecular formula is C19H27N3O4. The van der Waals surface area contributed by atoms with Gasteiger partial charge in [-0.25, -0.2) is 4.79 Å². The number of benzene rings is 1. The highest BCUT2D eigenvalue weighted by molar-refractivity contribution is 5.95. The SMILES string of the molecule is CN(C(=O)Nc1ccc(C(=O)NC[C@@H]2CCCO2)cc1)C1CCOCC1. The number of hydrogen-bond donors (Lipinski definition) is 2. The Balaban J connectivity index is 1.48. The maximum Gasteiger partial charge on any atom is 0.321 e. The number of urea groups is 1. The topological polar surface area (TPSA) is 79.9 Å². The molecule has 3 rings (SSSR count). The summed E-state index contributed by atoms with van der Waals surface area (Å²) in [5.41, 5.74) is 1.24. The highest BCUT2D eigenvalue weighted by Crippen LogP contribution is 2.16. The Morgan fingerprint density at radius 2 is 1.85 bits per heavy atom. The predicted octanol–water partition coefficient (Wildman–Crippen LogP) is 2.24. The van der Waals surface area contributed by atoms with Crippen LogP contribution in [0.15, 0.2) is 24.3 Å². The largest absolute Gasteiger partial charge is 0.381 e. The average molecular weight is 361 g/mol. The molecule has 0 bridgehead atoms. The fraction of sp³-hybridized carbons (Fsp3) is 0.579. The standard InChI is InChI=1S/C19H27N3O4/c1-22(16-8-11-25-12-9-16)19(24)21-15-6-4-14(5-7-15)18(23)20-13-17-3-2-10-26-17/h4-7,16-17H,2-3,8-13H2,1H3,(H,20,23)(H,21,24)/t17-/m0/s1. The zero-order valence-corrected chi connectivity index (χ0v) is 15.2. The van der Waals surface area contributed by atoms with Gasteiger partial charge in [-0.15, -0.1) is 0 Å². The van der Waals surface area contributed by atoms with Crippen LogP contribution in [0.2, 0.25) is 0 Å². The summed E-state index contributed by atoms with van der Waals surface area (Å²) in [6, 6.07) is 6.98. The summed E-state index contributed by atoms with van der Waals surface area (Å²) in [6.45, 7) is 2.69. The molecule has 2 fully saturated rings. The monoisotopic (exact) mass is 361 g/mol. The van der Waals surface area contributed by atoms with Gasteiger partial charge in [0.2, 0.25) is 0 Å². The van der Waals surface area contributed by atoms with E-state index in [0.717, 1.165) is 32.3 Å². The number of ether oxygens (including phenoxy) is 2. The molecule has 0 radical (unpaired) electrons. The van der Waals surface area contributed by atoms with Gasteiger partial charge in [-0.1, -0.05) is 0 Å². The van der Waals surface area contributed by atoms with E-state index in [1.807, 2.05) is 0 Å². The van der Waals surface area contributed by atoms with Gasteiger partial charge in [-0.3, -0.25) is 4.79 Å². The van der Waals surface area contributed by atoms with Gasteiger partial charge in [0, 0.05) is 50.7 Å². The van der Waals surface area contributed by atoms with Gasteiger partial charge < -0.3 is 25.0 Å². The average Bonchev–Trinajstić information content (AvgIpc) is 3.20. The van der Waals surface area contributed by atoms with Crippen molar-refractivity contribution in [2.24, 2.45) is 0 Å². The van der Waals surface area contributed by atoms with Crippen LogP contribution in [-0.4, -0.2) is 62.4 Å². The van der Waals surface area contributed by atoms with Gasteiger partial charge in [0.15, 0.2) is 0 Å². The summed E-state index contributed by atoms with van der Waals surface area (Å²) in [6.07, 6.45) is 3.88. The first-order valence-corrected chi connectivity index (χ1v) is 9.25. The van der Waals surface area contributed by atoms with Crippen molar-refractivity contribution in [2.45, 2.75) is 37.8 Å². The molecule has 1 atom stereocenters. The molecule has 7 heteroatoms. The Morgan fingerprint density at radius 3 is 2.50 bits per heavy atom. The molecule has 2 aliphatic rings. The summed E-state index contributed by atoms with van der Waals surface area (Å²) in [7, 11) is 1.80. The predicted molar refractivity (Wildman–Crippen MR) is 98.4 cm³/mol. The summed E-state index contributed by atoms with van der Waals surface area (Å²) in [5.74, 6) is -0.127. The molecule has 7 nitrogen and oxygen atoms in total. The third kappa shape index (κ3) is 4.95. The van der Waals surface area contributed by atoms with Crippen LogP contribution in [0.3, 0.4) is 0 Å². The quantitative estimate of drug-likeness (QED) is 0.843. The van der Waals surface area contributed by atoms with Gasteiger partial charge in [0.25, 0.3) is 5.91 Å². The lowest BCUT2D eigenvalue weighted by Crippen LogP contribution is -2.42. The molecule has 2 saturated heterocycles. The number of nitrogens with one attached hydrogen (secondary N) is 2. The molecule has 0 aliphatic carbocycles. The van der Waals surface area contributed by atoms with Crippen molar-refractivity contribution in [2.75, 3.05) is 38.7 Å². The van der Waals surface area contributed by atoms with E-state index in [2.05, 4.69) is 10.6 Å². The van der Waals surface area contributed by atoms with Crippen molar-refractivity contribution in [3.63, 3.8) is 0 Å². The summed E-state index contributed by atoms with van der Waals surface area (Å²) < 4.78 is 10.8. The van der Waals surface area contributed by atoms with Crippen molar-refractivity contribution < 1.29 is 19.1 Å². The molecule has 0 spiro atoms. The molecule has 2 heterocycles. The van der Waals surface area contributed by atoms with Crippen molar-refractivity contribution in [1.29, 1.82) is 0 Å². The molecule has 0 saturated carbocycles. The van der Waals surface area contributed by atoms with Crippen molar-refractivity contribution in [3.8, 4) is 0 Å². The first-order chi connectivity index (χ1) is 12.6. The maximum absolute atomic E-state index is 12.4. The number of rotatable bonds is 5. The van der Waals surface area contributed by atoms with Gasteiger partial charge in [0.05, 0.1) is 6.10 Å². The fourth-order valence-corrected chi connectivity index (χ4v) is 3.27. The number of carbonyl (C=O) groups is 2. The van der Waals surface area contributed by atoms with E-state index in [-0.39, 0.29) is 24.1 Å². The number of amides is 3. The first-order valence-electron chi connectivity index (χ1n) is 9.25. The Hall–Kier alpha value is -2.12. The minimum absolute atomic E-state index is 0.123. The van der Waals surface area contributed by atoms with E-state index in [0.29, 0.717) is 31.0 Å². The van der Waals surface area contributed by atoms with E-state index < -0.39 is 0 Å². The minimum atomic E-state index is -0.146. The van der Waals surface area contributed by atoms with Gasteiger partial charge >= 0.3 is 6.03 Å². The van der Waals surface area contributed by atoms with Crippen LogP contribution in [0.5, 0.6) is 0 Å². The number of nitrogens with zero attached hydrogens (tertiary/aromatic N) is 1. The summed E-state index contributed by atoms with van der Waals surface area (Å²) in [4.78, 5) is 26.3. The molecule has 2 N–H and O–H groups in total. The molecule has 26 heavy (non-hydrogen) atoms. The van der Waals surface area contributed by atoms with E-state index in [1.54, 1.807) is 36.2 Å². The van der Waals surface area contributed by atoms with E-state index in [9.17, 15) is 9.59 Å². The van der Waals surface area contributed by atoms with Crippen molar-refractivity contribution in [3.05, 3.63) is 29.8 Å². The van der Waals surface area contributed by atoms with Gasteiger partial charge in [-0.2, -0.15) is 0 Å². The molecule has 2 aliphatic heterocycles. The van der Waals surface area contributed by atoms with Crippen LogP contribution in [0.1, 0.15) is 36.0 Å². The summed E-state index contributed by atoms with van der Waals surface area (Å²) >= 11 is 0. The Bertz CT molecular complexity index is 608. The highest BCUT2D eigenvalue weighted by atomic mass is 16.5. The molecule has 0 unspecified atom stereocenters. The van der Waals surface area contributed by atoms with Crippen LogP contribution >= 0.6 is 0 Å². The highest BCUT2D eigenvalue weighted by Gasteiger charge is 2.22. The second kappa shape index (κ2) is 9.00. The van der Waals surface area contributed by atoms with Crippen LogP contribution in [0, 0.1) is 0 Å². The molecule has 142 valence electrons. The van der Waals surface area contributed by atoms with Gasteiger partial charge in [0.1, 0.15) is 0 Å². The Morgan fingerprint density at radius 1 is 1.12 bits per heavy atom. The number of anilines is 1. The van der Waals surface area contributed by atoms with Crippen LogP contribution in [0.25, 0.3) is 0 Å². The lowest BCUT2D eigenvalue weighted by Gasteiger charge is -2.31. The van der Waals surface area contributed by atoms with Crippen molar-refractivity contribution in [1.82, 2.24) is 10.2 Å². The smallest absolute Gasteiger partial charge is 0.321 e. The Labute approximate surface area is 154 Å². The van der Waals surface area contributed by atoms with Crippen LogP contribution in [0.4, 0.5) is 10.5 Å². The first kappa shape index (κ1) is 18.7. The van der Waals surface area contributed by atoms with E-state index in [4.69, 9.17) is 9.47 Å². The molecule has 1 aromatic carbocycles. The van der Waals surface area contributed by atoms with Crippen LogP contribution < -0.4 is 10.6 Å². The fourth-order valence-electron chi connectivity index (χ4n) is 3.27. The third-order valence-electron chi connectivity index (χ3n) is 4.97. The van der Waals surface area contributed by atoms with E-state index in [1.165, 1.54) is 0 Å². The molecular weight excluding hydrogens is 334 g/mol. The zero-order chi connectivity index (χ0) is 18.4. The molecule has 1 aromatic rings. The Kier molecular flexibility index (Phi) is 6.46. The second-order valence-corrected chi connectivity index (χ2v) is 6.81. The van der Waals surface area contributed by atoms with Crippen molar-refractivity contribution >= 4 is 17.6 Å². The lowest BCUT2D eigenvalue weighted by molar-refractivity contribution is 0.0544. The third-order valence-corrected chi connectivity index (χ3v) is 4.97. The normalized spacial score (nSPS) is 20.6. The molecule has 3 amide bonds. The lowest BCUT2D eigenvalue weighted by atomic mass is 10.1. The molecule has 0 aromatic heterocycles.